The molecule has 1 aliphatic carbocycles. The van der Waals surface area contributed by atoms with E-state index in [9.17, 15) is 9.59 Å². The lowest BCUT2D eigenvalue weighted by Crippen LogP contribution is -2.41. The highest BCUT2D eigenvalue weighted by Crippen LogP contribution is 2.49. The summed E-state index contributed by atoms with van der Waals surface area (Å²) in [6.07, 6.45) is 1.64. The molecule has 0 spiro atoms. The SMILES string of the molecule is Cc1csc(N2C(=O)C3=C(C(=O)C4CC(Cl)CCC4O3)C2c2ccc(Cl)c(Cl)c2)n1. The Balaban J connectivity index is 1.66. The van der Waals surface area contributed by atoms with E-state index in [-0.39, 0.29) is 34.8 Å². The molecule has 2 aliphatic heterocycles. The predicted molar refractivity (Wildman–Crippen MR) is 117 cm³/mol. The van der Waals surface area contributed by atoms with Crippen molar-refractivity contribution in [2.75, 3.05) is 4.90 Å². The maximum Gasteiger partial charge on any atom is 0.296 e. The van der Waals surface area contributed by atoms with E-state index in [1.54, 1.807) is 18.2 Å². The number of ketones is 1. The highest BCUT2D eigenvalue weighted by Gasteiger charge is 2.53. The summed E-state index contributed by atoms with van der Waals surface area (Å²) < 4.78 is 6.14. The number of Topliss-reactive ketones (excluding diaryl/α,β-unsaturated/α-hetero) is 1. The van der Waals surface area contributed by atoms with Crippen molar-refractivity contribution in [3.63, 3.8) is 0 Å². The molecule has 0 radical (unpaired) electrons. The summed E-state index contributed by atoms with van der Waals surface area (Å²) in [5.41, 5.74) is 1.84. The molecule has 3 heterocycles. The molecular weight excluding hydrogens is 467 g/mol. The Bertz CT molecular complexity index is 1100. The summed E-state index contributed by atoms with van der Waals surface area (Å²) in [5, 5.41) is 3.06. The number of thiazole rings is 1. The molecule has 0 N–H and O–H groups in total. The van der Waals surface area contributed by atoms with Gasteiger partial charge in [0.2, 0.25) is 0 Å². The van der Waals surface area contributed by atoms with Gasteiger partial charge in [-0.1, -0.05) is 29.3 Å². The third-order valence-corrected chi connectivity index (χ3v) is 7.95. The molecule has 1 amide bonds. The fourth-order valence-electron chi connectivity index (χ4n) is 4.46. The standard InChI is InChI=1S/C21H17Cl3N2O3S/c1-9-8-30-21(25-9)26-17(10-2-4-13(23)14(24)6-10)16-18(27)12-7-11(22)3-5-15(12)29-19(16)20(26)28/h2,4,6,8,11-12,15,17H,3,5,7H2,1H3. The number of hydrogen-bond donors (Lipinski definition) is 0. The van der Waals surface area contributed by atoms with Crippen molar-refractivity contribution >= 4 is 63.0 Å². The molecule has 3 aliphatic rings. The number of fused-ring (bicyclic) bond motifs is 1. The van der Waals surface area contributed by atoms with Crippen molar-refractivity contribution in [3.8, 4) is 0 Å². The summed E-state index contributed by atoms with van der Waals surface area (Å²) in [4.78, 5) is 33.1. The summed E-state index contributed by atoms with van der Waals surface area (Å²) in [6, 6.07) is 4.47. The number of benzene rings is 1. The first-order valence-electron chi connectivity index (χ1n) is 9.65. The number of rotatable bonds is 2. The van der Waals surface area contributed by atoms with E-state index in [2.05, 4.69) is 4.98 Å². The van der Waals surface area contributed by atoms with Crippen LogP contribution >= 0.6 is 46.1 Å². The lowest BCUT2D eigenvalue weighted by atomic mass is 9.77. The van der Waals surface area contributed by atoms with Gasteiger partial charge in [0.15, 0.2) is 16.7 Å². The molecule has 30 heavy (non-hydrogen) atoms. The lowest BCUT2D eigenvalue weighted by Gasteiger charge is -2.37. The van der Waals surface area contributed by atoms with Crippen LogP contribution in [0, 0.1) is 12.8 Å². The molecule has 4 atom stereocenters. The number of anilines is 1. The van der Waals surface area contributed by atoms with E-state index in [1.807, 2.05) is 12.3 Å². The Morgan fingerprint density at radius 1 is 1.20 bits per heavy atom. The molecule has 5 nitrogen and oxygen atoms in total. The number of aryl methyl sites for hydroxylation is 1. The third kappa shape index (κ3) is 3.16. The molecule has 5 rings (SSSR count). The van der Waals surface area contributed by atoms with Gasteiger partial charge in [-0.05, 0) is 43.9 Å². The minimum atomic E-state index is -0.669. The van der Waals surface area contributed by atoms with E-state index >= 15 is 0 Å². The van der Waals surface area contributed by atoms with Crippen LogP contribution in [0.4, 0.5) is 5.13 Å². The number of amides is 1. The van der Waals surface area contributed by atoms with Crippen molar-refractivity contribution < 1.29 is 14.3 Å². The van der Waals surface area contributed by atoms with Gasteiger partial charge in [0.1, 0.15) is 6.10 Å². The van der Waals surface area contributed by atoms with E-state index < -0.39 is 6.04 Å². The maximum atomic E-state index is 13.6. The molecule has 1 aromatic heterocycles. The van der Waals surface area contributed by atoms with E-state index in [4.69, 9.17) is 39.5 Å². The monoisotopic (exact) mass is 482 g/mol. The largest absolute Gasteiger partial charge is 0.483 e. The van der Waals surface area contributed by atoms with Crippen molar-refractivity contribution in [1.82, 2.24) is 4.98 Å². The van der Waals surface area contributed by atoms with Gasteiger partial charge in [0.05, 0.1) is 33.3 Å². The van der Waals surface area contributed by atoms with E-state index in [0.29, 0.717) is 39.2 Å². The van der Waals surface area contributed by atoms with Crippen LogP contribution in [0.5, 0.6) is 0 Å². The molecular formula is C21H17Cl3N2O3S. The summed E-state index contributed by atoms with van der Waals surface area (Å²) in [7, 11) is 0. The van der Waals surface area contributed by atoms with Crippen LogP contribution in [0.25, 0.3) is 0 Å². The average molecular weight is 484 g/mol. The lowest BCUT2D eigenvalue weighted by molar-refractivity contribution is -0.131. The number of halogens is 3. The quantitative estimate of drug-likeness (QED) is 0.531. The second-order valence-electron chi connectivity index (χ2n) is 7.80. The molecule has 4 unspecified atom stereocenters. The van der Waals surface area contributed by atoms with Gasteiger partial charge in [-0.15, -0.1) is 22.9 Å². The molecule has 1 fully saturated rings. The number of carbonyl (C=O) groups is 2. The predicted octanol–water partition coefficient (Wildman–Crippen LogP) is 5.48. The second kappa shape index (κ2) is 7.52. The minimum absolute atomic E-state index is 0.0702. The fourth-order valence-corrected chi connectivity index (χ4v) is 5.91. The Morgan fingerprint density at radius 3 is 2.70 bits per heavy atom. The van der Waals surface area contributed by atoms with Crippen molar-refractivity contribution in [2.45, 2.75) is 43.7 Å². The third-order valence-electron chi connectivity index (χ3n) is 5.86. The Labute approximate surface area is 192 Å². The molecule has 0 saturated heterocycles. The van der Waals surface area contributed by atoms with Gasteiger partial charge in [-0.2, -0.15) is 0 Å². The molecule has 0 bridgehead atoms. The van der Waals surface area contributed by atoms with Crippen LogP contribution in [-0.4, -0.2) is 28.2 Å². The number of aromatic nitrogens is 1. The Hall–Kier alpha value is -1.60. The van der Waals surface area contributed by atoms with Gasteiger partial charge < -0.3 is 4.74 Å². The number of alkyl halides is 1. The van der Waals surface area contributed by atoms with Gasteiger partial charge in [-0.25, -0.2) is 4.98 Å². The summed E-state index contributed by atoms with van der Waals surface area (Å²) in [5.74, 6) is -0.656. The molecule has 1 aromatic carbocycles. The molecule has 1 saturated carbocycles. The van der Waals surface area contributed by atoms with E-state index in [1.165, 1.54) is 16.2 Å². The van der Waals surface area contributed by atoms with Gasteiger partial charge in [-0.3, -0.25) is 14.5 Å². The highest BCUT2D eigenvalue weighted by atomic mass is 35.5. The first-order chi connectivity index (χ1) is 14.3. The van der Waals surface area contributed by atoms with Crippen LogP contribution in [0.2, 0.25) is 10.0 Å². The topological polar surface area (TPSA) is 59.5 Å². The van der Waals surface area contributed by atoms with Crippen molar-refractivity contribution in [3.05, 3.63) is 56.2 Å². The first kappa shape index (κ1) is 20.3. The fraction of sp³-hybridized carbons (Fsp3) is 0.381. The average Bonchev–Trinajstić information content (AvgIpc) is 3.26. The highest BCUT2D eigenvalue weighted by molar-refractivity contribution is 7.14. The zero-order chi connectivity index (χ0) is 21.2. The van der Waals surface area contributed by atoms with Gasteiger partial charge >= 0.3 is 0 Å². The van der Waals surface area contributed by atoms with Crippen molar-refractivity contribution in [1.29, 1.82) is 0 Å². The molecule has 9 heteroatoms. The Morgan fingerprint density at radius 2 is 2.00 bits per heavy atom. The van der Waals surface area contributed by atoms with Crippen LogP contribution in [0.1, 0.15) is 36.6 Å². The first-order valence-corrected chi connectivity index (χ1v) is 11.7. The van der Waals surface area contributed by atoms with Gasteiger partial charge in [0, 0.05) is 10.8 Å². The smallest absolute Gasteiger partial charge is 0.296 e. The zero-order valence-corrected chi connectivity index (χ0v) is 19.0. The second-order valence-corrected chi connectivity index (χ2v) is 10.1. The van der Waals surface area contributed by atoms with Crippen LogP contribution < -0.4 is 4.90 Å². The summed E-state index contributed by atoms with van der Waals surface area (Å²) >= 11 is 20.1. The zero-order valence-electron chi connectivity index (χ0n) is 15.9. The normalized spacial score (nSPS) is 28.5. The maximum absolute atomic E-state index is 13.6. The number of nitrogens with zero attached hydrogens (tertiary/aromatic N) is 2. The molecule has 156 valence electrons. The Kier molecular flexibility index (Phi) is 5.09. The van der Waals surface area contributed by atoms with Crippen LogP contribution in [0.15, 0.2) is 34.9 Å². The molecule has 2 aromatic rings. The number of hydrogen-bond acceptors (Lipinski definition) is 5. The van der Waals surface area contributed by atoms with Crippen LogP contribution in [-0.2, 0) is 14.3 Å². The minimum Gasteiger partial charge on any atom is -0.483 e. The number of ether oxygens (including phenoxy) is 1. The van der Waals surface area contributed by atoms with E-state index in [0.717, 1.165) is 12.1 Å². The van der Waals surface area contributed by atoms with Crippen molar-refractivity contribution in [2.24, 2.45) is 5.92 Å². The number of carbonyl (C=O) groups excluding carboxylic acids is 2. The van der Waals surface area contributed by atoms with Crippen LogP contribution in [0.3, 0.4) is 0 Å². The van der Waals surface area contributed by atoms with Gasteiger partial charge in [0.25, 0.3) is 5.91 Å². The summed E-state index contributed by atoms with van der Waals surface area (Å²) in [6.45, 7) is 1.86.